The molecule has 0 unspecified atom stereocenters. The lowest BCUT2D eigenvalue weighted by atomic mass is 10.1. The van der Waals surface area contributed by atoms with Gasteiger partial charge in [0.2, 0.25) is 0 Å². The Morgan fingerprint density at radius 1 is 0.879 bits per heavy atom. The molecule has 0 aliphatic rings. The molecule has 4 aromatic rings. The van der Waals surface area contributed by atoms with E-state index < -0.39 is 0 Å². The van der Waals surface area contributed by atoms with Crippen molar-refractivity contribution in [2.45, 2.75) is 0 Å². The van der Waals surface area contributed by atoms with Crippen LogP contribution in [0.25, 0.3) is 22.5 Å². The number of nitriles is 1. The van der Waals surface area contributed by atoms with Gasteiger partial charge in [0.1, 0.15) is 11.5 Å². The summed E-state index contributed by atoms with van der Waals surface area (Å²) in [7, 11) is 3.24. The van der Waals surface area contributed by atoms with Crippen LogP contribution in [0.4, 0.5) is 5.69 Å². The Morgan fingerprint density at radius 2 is 1.64 bits per heavy atom. The summed E-state index contributed by atoms with van der Waals surface area (Å²) in [6, 6.07) is 27.4. The number of ether oxygens (including phenoxy) is 2. The topological polar surface area (TPSA) is 84.2 Å². The highest BCUT2D eigenvalue weighted by Crippen LogP contribution is 2.33. The predicted molar refractivity (Wildman–Crippen MR) is 127 cm³/mol. The number of hydrogen-bond donors (Lipinski definition) is 1. The van der Waals surface area contributed by atoms with Gasteiger partial charge in [0.05, 0.1) is 37.2 Å². The third-order valence-corrected chi connectivity index (χ3v) is 5.12. The van der Waals surface area contributed by atoms with Gasteiger partial charge in [0.15, 0.2) is 0 Å². The second-order valence-electron chi connectivity index (χ2n) is 7.20. The summed E-state index contributed by atoms with van der Waals surface area (Å²) in [5.41, 5.74) is 4.81. The number of carbonyl (C=O) groups excluding carboxylic acids is 1. The molecule has 6 heteroatoms. The summed E-state index contributed by atoms with van der Waals surface area (Å²) < 4.78 is 10.8. The molecule has 0 aliphatic carbocycles. The Labute approximate surface area is 192 Å². The van der Waals surface area contributed by atoms with Crippen LogP contribution in [-0.4, -0.2) is 25.1 Å². The highest BCUT2D eigenvalue weighted by molar-refractivity contribution is 6.04. The van der Waals surface area contributed by atoms with Crippen LogP contribution in [0.5, 0.6) is 11.5 Å². The molecule has 0 spiro atoms. The molecule has 4 rings (SSSR count). The number of amides is 1. The quantitative estimate of drug-likeness (QED) is 0.429. The number of nitrogens with one attached hydrogen (secondary N) is 1. The van der Waals surface area contributed by atoms with Crippen LogP contribution in [-0.2, 0) is 0 Å². The van der Waals surface area contributed by atoms with E-state index in [0.717, 1.165) is 28.3 Å². The van der Waals surface area contributed by atoms with Crippen LogP contribution in [0.2, 0.25) is 0 Å². The summed E-state index contributed by atoms with van der Waals surface area (Å²) in [4.78, 5) is 17.3. The first-order chi connectivity index (χ1) is 16.1. The molecule has 162 valence electrons. The number of nitrogens with zero attached hydrogens (tertiary/aromatic N) is 2. The lowest BCUT2D eigenvalue weighted by Crippen LogP contribution is -2.11. The number of methoxy groups -OCH3 is 2. The largest absolute Gasteiger partial charge is 0.497 e. The Bertz CT molecular complexity index is 1340. The van der Waals surface area contributed by atoms with Crippen LogP contribution in [0, 0.1) is 11.3 Å². The van der Waals surface area contributed by atoms with Crippen molar-refractivity contribution in [2.24, 2.45) is 0 Å². The second kappa shape index (κ2) is 9.67. The summed E-state index contributed by atoms with van der Waals surface area (Å²) in [6.07, 6.45) is 0. The average molecular weight is 435 g/mol. The minimum atomic E-state index is -0.273. The lowest BCUT2D eigenvalue weighted by Gasteiger charge is -2.11. The molecule has 6 nitrogen and oxygen atoms in total. The Hall–Kier alpha value is -4.63. The fraction of sp³-hybridized carbons (Fsp3) is 0.0741. The van der Waals surface area contributed by atoms with E-state index in [4.69, 9.17) is 19.7 Å². The van der Waals surface area contributed by atoms with Gasteiger partial charge in [-0.05, 0) is 60.7 Å². The van der Waals surface area contributed by atoms with Crippen molar-refractivity contribution in [3.05, 3.63) is 96.1 Å². The maximum atomic E-state index is 12.5. The molecule has 0 bridgehead atoms. The SMILES string of the molecule is COc1ccc(OC)c(-c2cccc(-c3ccc(NC(=O)c4cccc(C#N)c4)cc3)n2)c1. The first-order valence-electron chi connectivity index (χ1n) is 10.2. The summed E-state index contributed by atoms with van der Waals surface area (Å²) in [5.74, 6) is 1.16. The van der Waals surface area contributed by atoms with Crippen molar-refractivity contribution >= 4 is 11.6 Å². The molecule has 1 heterocycles. The van der Waals surface area contributed by atoms with E-state index in [-0.39, 0.29) is 5.91 Å². The standard InChI is InChI=1S/C27H21N3O3/c1-32-22-13-14-26(33-2)23(16-22)25-8-4-7-24(30-25)19-9-11-21(12-10-19)29-27(31)20-6-3-5-18(15-20)17-28/h3-16H,1-2H3,(H,29,31). The predicted octanol–water partition coefficient (Wildman–Crippen LogP) is 5.56. The van der Waals surface area contributed by atoms with Crippen molar-refractivity contribution in [3.8, 4) is 40.1 Å². The lowest BCUT2D eigenvalue weighted by molar-refractivity contribution is 0.102. The molecule has 0 fully saturated rings. The van der Waals surface area contributed by atoms with Crippen molar-refractivity contribution in [1.29, 1.82) is 5.26 Å². The van der Waals surface area contributed by atoms with Crippen molar-refractivity contribution in [2.75, 3.05) is 19.5 Å². The molecule has 1 aromatic heterocycles. The summed E-state index contributed by atoms with van der Waals surface area (Å²) in [5, 5.41) is 11.9. The van der Waals surface area contributed by atoms with Gasteiger partial charge in [-0.1, -0.05) is 24.3 Å². The zero-order chi connectivity index (χ0) is 23.2. The van der Waals surface area contributed by atoms with E-state index in [1.165, 1.54) is 0 Å². The monoisotopic (exact) mass is 435 g/mol. The van der Waals surface area contributed by atoms with Gasteiger partial charge in [-0.25, -0.2) is 4.98 Å². The normalized spacial score (nSPS) is 10.2. The first kappa shape index (κ1) is 21.6. The van der Waals surface area contributed by atoms with Gasteiger partial charge in [-0.15, -0.1) is 0 Å². The zero-order valence-corrected chi connectivity index (χ0v) is 18.2. The van der Waals surface area contributed by atoms with E-state index in [9.17, 15) is 4.79 Å². The smallest absolute Gasteiger partial charge is 0.255 e. The van der Waals surface area contributed by atoms with Gasteiger partial charge in [0, 0.05) is 22.4 Å². The number of rotatable bonds is 6. The summed E-state index contributed by atoms with van der Waals surface area (Å²) >= 11 is 0. The molecular formula is C27H21N3O3. The maximum Gasteiger partial charge on any atom is 0.255 e. The molecule has 3 aromatic carbocycles. The van der Waals surface area contributed by atoms with Gasteiger partial charge < -0.3 is 14.8 Å². The molecule has 1 N–H and O–H groups in total. The van der Waals surface area contributed by atoms with E-state index >= 15 is 0 Å². The van der Waals surface area contributed by atoms with Crippen LogP contribution in [0.3, 0.4) is 0 Å². The van der Waals surface area contributed by atoms with Crippen molar-refractivity contribution < 1.29 is 14.3 Å². The van der Waals surface area contributed by atoms with Crippen LogP contribution in [0.15, 0.2) is 84.9 Å². The fourth-order valence-corrected chi connectivity index (χ4v) is 3.42. The highest BCUT2D eigenvalue weighted by Gasteiger charge is 2.11. The van der Waals surface area contributed by atoms with Gasteiger partial charge >= 0.3 is 0 Å². The molecule has 0 saturated carbocycles. The summed E-state index contributed by atoms with van der Waals surface area (Å²) in [6.45, 7) is 0. The fourth-order valence-electron chi connectivity index (χ4n) is 3.42. The molecule has 0 aliphatic heterocycles. The molecule has 0 radical (unpaired) electrons. The number of carbonyl (C=O) groups is 1. The van der Waals surface area contributed by atoms with E-state index in [0.29, 0.717) is 22.6 Å². The average Bonchev–Trinajstić information content (AvgIpc) is 2.88. The molecule has 33 heavy (non-hydrogen) atoms. The Morgan fingerprint density at radius 3 is 2.36 bits per heavy atom. The molecule has 0 saturated heterocycles. The van der Waals surface area contributed by atoms with E-state index in [1.807, 2.05) is 66.7 Å². The maximum absolute atomic E-state index is 12.5. The van der Waals surface area contributed by atoms with Crippen molar-refractivity contribution in [3.63, 3.8) is 0 Å². The zero-order valence-electron chi connectivity index (χ0n) is 18.2. The second-order valence-corrected chi connectivity index (χ2v) is 7.20. The van der Waals surface area contributed by atoms with E-state index in [2.05, 4.69) is 5.32 Å². The van der Waals surface area contributed by atoms with Crippen LogP contribution >= 0.6 is 0 Å². The molecule has 0 atom stereocenters. The first-order valence-corrected chi connectivity index (χ1v) is 10.2. The number of aromatic nitrogens is 1. The minimum Gasteiger partial charge on any atom is -0.497 e. The third-order valence-electron chi connectivity index (χ3n) is 5.12. The third kappa shape index (κ3) is 4.83. The molecule has 1 amide bonds. The number of hydrogen-bond acceptors (Lipinski definition) is 5. The van der Waals surface area contributed by atoms with Gasteiger partial charge in [-0.3, -0.25) is 4.79 Å². The van der Waals surface area contributed by atoms with Gasteiger partial charge in [-0.2, -0.15) is 5.26 Å². The molecular weight excluding hydrogens is 414 g/mol. The Balaban J connectivity index is 1.57. The minimum absolute atomic E-state index is 0.273. The number of benzene rings is 3. The number of anilines is 1. The Kier molecular flexibility index (Phi) is 6.33. The van der Waals surface area contributed by atoms with Crippen LogP contribution in [0.1, 0.15) is 15.9 Å². The van der Waals surface area contributed by atoms with Crippen LogP contribution < -0.4 is 14.8 Å². The van der Waals surface area contributed by atoms with Gasteiger partial charge in [0.25, 0.3) is 5.91 Å². The highest BCUT2D eigenvalue weighted by atomic mass is 16.5. The number of pyridine rings is 1. The van der Waals surface area contributed by atoms with Crippen molar-refractivity contribution in [1.82, 2.24) is 4.98 Å². The van der Waals surface area contributed by atoms with E-state index in [1.54, 1.807) is 38.5 Å².